The Hall–Kier alpha value is -0.960. The molecule has 16 heavy (non-hydrogen) atoms. The van der Waals surface area contributed by atoms with E-state index in [9.17, 15) is 9.00 Å². The van der Waals surface area contributed by atoms with Crippen molar-refractivity contribution in [1.82, 2.24) is 0 Å². The van der Waals surface area contributed by atoms with E-state index in [0.717, 1.165) is 5.56 Å². The number of carbonyl (C=O) groups excluding carboxylic acids is 1. The Morgan fingerprint density at radius 1 is 1.31 bits per heavy atom. The molecule has 0 aliphatic heterocycles. The fourth-order valence-electron chi connectivity index (χ4n) is 1.54. The smallest absolute Gasteiger partial charge is 0.175 e. The minimum absolute atomic E-state index is 0.0166. The van der Waals surface area contributed by atoms with Crippen LogP contribution < -0.4 is 0 Å². The highest BCUT2D eigenvalue weighted by Crippen LogP contribution is 2.09. The number of ketones is 1. The highest BCUT2D eigenvalue weighted by atomic mass is 32.2. The quantitative estimate of drug-likeness (QED) is 0.739. The average Bonchev–Trinajstić information content (AvgIpc) is 2.16. The van der Waals surface area contributed by atoms with E-state index in [0.29, 0.717) is 17.2 Å². The van der Waals surface area contributed by atoms with Gasteiger partial charge in [-0.3, -0.25) is 9.00 Å². The number of carbonyl (C=O) groups is 1. The zero-order valence-electron chi connectivity index (χ0n) is 10.0. The van der Waals surface area contributed by atoms with Crippen LogP contribution >= 0.6 is 0 Å². The maximum atomic E-state index is 11.9. The molecule has 0 saturated heterocycles. The first kappa shape index (κ1) is 13.1. The monoisotopic (exact) mass is 238 g/mol. The number of rotatable bonds is 5. The molecule has 1 aromatic carbocycles. The van der Waals surface area contributed by atoms with Gasteiger partial charge in [0.1, 0.15) is 0 Å². The van der Waals surface area contributed by atoms with Gasteiger partial charge in [-0.1, -0.05) is 38.1 Å². The van der Waals surface area contributed by atoms with Crippen molar-refractivity contribution in [1.29, 1.82) is 0 Å². The van der Waals surface area contributed by atoms with E-state index in [1.165, 1.54) is 0 Å². The van der Waals surface area contributed by atoms with Gasteiger partial charge in [0.15, 0.2) is 5.78 Å². The van der Waals surface area contributed by atoms with Gasteiger partial charge in [-0.15, -0.1) is 0 Å². The maximum Gasteiger partial charge on any atom is 0.175 e. The standard InChI is InChI=1S/C13H18O2S/c1-10(2)8-16(15)9-13(14)12-7-5-4-6-11(12)3/h4-7,10H,8-9H2,1-3H3. The molecule has 88 valence electrons. The van der Waals surface area contributed by atoms with Crippen molar-refractivity contribution in [2.24, 2.45) is 5.92 Å². The zero-order chi connectivity index (χ0) is 12.1. The van der Waals surface area contributed by atoms with E-state index < -0.39 is 10.8 Å². The Bertz CT molecular complexity index is 397. The third kappa shape index (κ3) is 3.89. The highest BCUT2D eigenvalue weighted by Gasteiger charge is 2.13. The van der Waals surface area contributed by atoms with Crippen molar-refractivity contribution in [3.05, 3.63) is 35.4 Å². The summed E-state index contributed by atoms with van der Waals surface area (Å²) >= 11 is 0. The van der Waals surface area contributed by atoms with Crippen molar-refractivity contribution in [3.8, 4) is 0 Å². The van der Waals surface area contributed by atoms with Gasteiger partial charge < -0.3 is 0 Å². The van der Waals surface area contributed by atoms with Gasteiger partial charge in [0.25, 0.3) is 0 Å². The lowest BCUT2D eigenvalue weighted by Gasteiger charge is -2.06. The van der Waals surface area contributed by atoms with Crippen LogP contribution in [0.1, 0.15) is 29.8 Å². The van der Waals surface area contributed by atoms with Gasteiger partial charge in [-0.2, -0.15) is 0 Å². The SMILES string of the molecule is Cc1ccccc1C(=O)CS(=O)CC(C)C. The van der Waals surface area contributed by atoms with Crippen molar-refractivity contribution in [2.75, 3.05) is 11.5 Å². The number of hydrogen-bond acceptors (Lipinski definition) is 2. The Labute approximate surface area is 99.5 Å². The van der Waals surface area contributed by atoms with Gasteiger partial charge in [-0.05, 0) is 18.4 Å². The zero-order valence-corrected chi connectivity index (χ0v) is 10.8. The predicted molar refractivity (Wildman–Crippen MR) is 68.2 cm³/mol. The van der Waals surface area contributed by atoms with Gasteiger partial charge >= 0.3 is 0 Å². The lowest BCUT2D eigenvalue weighted by atomic mass is 10.1. The minimum Gasteiger partial charge on any atom is -0.293 e. The normalized spacial score (nSPS) is 12.8. The van der Waals surface area contributed by atoms with Crippen molar-refractivity contribution < 1.29 is 9.00 Å². The maximum absolute atomic E-state index is 11.9. The fourth-order valence-corrected chi connectivity index (χ4v) is 2.85. The largest absolute Gasteiger partial charge is 0.293 e. The summed E-state index contributed by atoms with van der Waals surface area (Å²) < 4.78 is 11.6. The van der Waals surface area contributed by atoms with Crippen LogP contribution in [0.2, 0.25) is 0 Å². The summed E-state index contributed by atoms with van der Waals surface area (Å²) in [5.74, 6) is 1.09. The molecule has 2 nitrogen and oxygen atoms in total. The van der Waals surface area contributed by atoms with Gasteiger partial charge in [0.2, 0.25) is 0 Å². The molecule has 0 aliphatic carbocycles. The van der Waals surface area contributed by atoms with E-state index >= 15 is 0 Å². The molecule has 1 unspecified atom stereocenters. The van der Waals surface area contributed by atoms with Crippen LogP contribution in [0.25, 0.3) is 0 Å². The Kier molecular flexibility index (Phi) is 4.87. The minimum atomic E-state index is -1.04. The summed E-state index contributed by atoms with van der Waals surface area (Å²) in [5, 5.41) is 0. The first-order chi connectivity index (χ1) is 7.50. The molecule has 0 bridgehead atoms. The summed E-state index contributed by atoms with van der Waals surface area (Å²) in [6.07, 6.45) is 0. The second-order valence-electron chi connectivity index (χ2n) is 4.38. The van der Waals surface area contributed by atoms with Gasteiger partial charge in [0, 0.05) is 22.1 Å². The number of benzene rings is 1. The fraction of sp³-hybridized carbons (Fsp3) is 0.462. The summed E-state index contributed by atoms with van der Waals surface area (Å²) in [6.45, 7) is 5.92. The third-order valence-electron chi connectivity index (χ3n) is 2.26. The Balaban J connectivity index is 2.66. The van der Waals surface area contributed by atoms with Crippen LogP contribution in [-0.2, 0) is 10.8 Å². The Morgan fingerprint density at radius 2 is 1.94 bits per heavy atom. The highest BCUT2D eigenvalue weighted by molar-refractivity contribution is 7.85. The average molecular weight is 238 g/mol. The Morgan fingerprint density at radius 3 is 2.50 bits per heavy atom. The molecule has 0 saturated carbocycles. The molecule has 1 aromatic rings. The van der Waals surface area contributed by atoms with Crippen LogP contribution in [-0.4, -0.2) is 21.5 Å². The van der Waals surface area contributed by atoms with Crippen LogP contribution in [0.3, 0.4) is 0 Å². The van der Waals surface area contributed by atoms with Gasteiger partial charge in [0.05, 0.1) is 5.75 Å². The molecule has 0 aromatic heterocycles. The summed E-state index contributed by atoms with van der Waals surface area (Å²) in [7, 11) is -1.04. The number of Topliss-reactive ketones (excluding diaryl/α,β-unsaturated/α-hetero) is 1. The van der Waals surface area contributed by atoms with Gasteiger partial charge in [-0.25, -0.2) is 0 Å². The van der Waals surface area contributed by atoms with E-state index in [4.69, 9.17) is 0 Å². The van der Waals surface area contributed by atoms with E-state index in [1.807, 2.05) is 39.0 Å². The van der Waals surface area contributed by atoms with Crippen LogP contribution in [0, 0.1) is 12.8 Å². The summed E-state index contributed by atoms with van der Waals surface area (Å²) in [6, 6.07) is 7.44. The molecule has 0 amide bonds. The second-order valence-corrected chi connectivity index (χ2v) is 5.88. The van der Waals surface area contributed by atoms with Crippen molar-refractivity contribution in [3.63, 3.8) is 0 Å². The first-order valence-electron chi connectivity index (χ1n) is 5.44. The molecule has 3 heteroatoms. The molecule has 1 atom stereocenters. The lowest BCUT2D eigenvalue weighted by molar-refractivity contribution is 0.102. The molecular formula is C13H18O2S. The van der Waals surface area contributed by atoms with Crippen molar-refractivity contribution >= 4 is 16.6 Å². The molecule has 0 radical (unpaired) electrons. The molecule has 0 spiro atoms. The van der Waals surface area contributed by atoms with Crippen molar-refractivity contribution in [2.45, 2.75) is 20.8 Å². The number of hydrogen-bond donors (Lipinski definition) is 0. The molecule has 0 aliphatic rings. The topological polar surface area (TPSA) is 34.1 Å². The van der Waals surface area contributed by atoms with E-state index in [1.54, 1.807) is 6.07 Å². The van der Waals surface area contributed by atoms with Crippen LogP contribution in [0.5, 0.6) is 0 Å². The predicted octanol–water partition coefficient (Wildman–Crippen LogP) is 2.58. The molecule has 0 N–H and O–H groups in total. The molecule has 0 heterocycles. The number of aryl methyl sites for hydroxylation is 1. The lowest BCUT2D eigenvalue weighted by Crippen LogP contribution is -2.16. The molecule has 0 fully saturated rings. The molecular weight excluding hydrogens is 220 g/mol. The van der Waals surface area contributed by atoms with Crippen LogP contribution in [0.4, 0.5) is 0 Å². The second kappa shape index (κ2) is 5.94. The molecule has 1 rings (SSSR count). The summed E-state index contributed by atoms with van der Waals surface area (Å²) in [4.78, 5) is 11.9. The first-order valence-corrected chi connectivity index (χ1v) is 6.93. The third-order valence-corrected chi connectivity index (χ3v) is 3.88. The van der Waals surface area contributed by atoms with Crippen LogP contribution in [0.15, 0.2) is 24.3 Å². The van der Waals surface area contributed by atoms with E-state index in [2.05, 4.69) is 0 Å². The summed E-state index contributed by atoms with van der Waals surface area (Å²) in [5.41, 5.74) is 1.65. The van der Waals surface area contributed by atoms with E-state index in [-0.39, 0.29) is 11.5 Å².